The van der Waals surface area contributed by atoms with Gasteiger partial charge in [-0.1, -0.05) is 36.4 Å². The lowest BCUT2D eigenvalue weighted by atomic mass is 9.78. The molecule has 0 radical (unpaired) electrons. The molecule has 21 heteroatoms. The number of hydrogen-bond donors (Lipinski definition) is 12. The molecule has 0 saturated heterocycles. The van der Waals surface area contributed by atoms with Crippen molar-refractivity contribution >= 4 is 23.1 Å². The minimum atomic E-state index is -1.72. The van der Waals surface area contributed by atoms with Gasteiger partial charge in [0.05, 0.1) is 35.8 Å². The maximum absolute atomic E-state index is 15.3. The third kappa shape index (κ3) is 8.50. The number of hydrogen-bond acceptors (Lipinski definition) is 21. The van der Waals surface area contributed by atoms with E-state index in [1.807, 2.05) is 0 Å². The molecule has 0 bridgehead atoms. The number of carbonyl (C=O) groups is 4. The summed E-state index contributed by atoms with van der Waals surface area (Å²) in [6.45, 7) is 0. The first kappa shape index (κ1) is 50.8. The average Bonchev–Trinajstić information content (AvgIpc) is 2.80. The molecule has 0 aliphatic carbocycles. The summed E-state index contributed by atoms with van der Waals surface area (Å²) in [5.74, 6) is -15.7. The summed E-state index contributed by atoms with van der Waals surface area (Å²) in [7, 11) is 0. The second-order valence-corrected chi connectivity index (χ2v) is 19.7. The van der Waals surface area contributed by atoms with Crippen molar-refractivity contribution in [2.24, 2.45) is 0 Å². The van der Waals surface area contributed by atoms with Gasteiger partial charge >= 0.3 is 0 Å². The molecule has 0 saturated carbocycles. The van der Waals surface area contributed by atoms with Crippen molar-refractivity contribution in [3.05, 3.63) is 177 Å². The highest BCUT2D eigenvalue weighted by atomic mass is 16.5. The van der Waals surface area contributed by atoms with E-state index >= 15 is 9.59 Å². The average molecular weight is 1100 g/mol. The Morgan fingerprint density at radius 1 is 0.358 bits per heavy atom. The van der Waals surface area contributed by atoms with E-state index in [0.717, 1.165) is 60.7 Å². The Balaban J connectivity index is 1.02. The van der Waals surface area contributed by atoms with Crippen LogP contribution in [0.2, 0.25) is 0 Å². The maximum atomic E-state index is 15.3. The number of Topliss-reactive ketones (excluding diaryl/α,β-unsaturated/α-hetero) is 4. The fourth-order valence-electron chi connectivity index (χ4n) is 10.9. The van der Waals surface area contributed by atoms with E-state index in [9.17, 15) is 70.9 Å². The van der Waals surface area contributed by atoms with Crippen molar-refractivity contribution in [2.45, 2.75) is 49.1 Å². The van der Waals surface area contributed by atoms with Crippen molar-refractivity contribution < 1.29 is 104 Å². The molecule has 12 rings (SSSR count). The fourth-order valence-corrected chi connectivity index (χ4v) is 10.9. The molecule has 6 atom stereocenters. The Labute approximate surface area is 455 Å². The second kappa shape index (κ2) is 18.9. The molecule has 4 heterocycles. The van der Waals surface area contributed by atoms with Crippen LogP contribution in [0.1, 0.15) is 124 Å². The standard InChI is InChI=1S/C60H42O21/c61-27-7-1-23(2-8-27)57-53(51-38(71)19-37(70)47-39(72)20-42(78-59(47)51)25-5-11-31(64)33(66)13-25)55(75)50-36(69)17-30(18-45(50)81-57)77-46-22-41(74)48-40(73)21-43(26-6-12-32(65)34(67)14-26)79-60(48)52(46)54-56(76)49-35(68)15-29(63)16-44(49)80-58(54)24-3-9-28(62)10-4-24/h1-19,22,42-43,53-54,57-58,61-71,74H,20-21H2/t42-,43+,53-,54+,57+,58-/m1/s1. The predicted molar refractivity (Wildman–Crippen MR) is 277 cm³/mol. The zero-order valence-electron chi connectivity index (χ0n) is 41.5. The van der Waals surface area contributed by atoms with Crippen LogP contribution in [-0.4, -0.2) is 84.4 Å². The van der Waals surface area contributed by atoms with Gasteiger partial charge < -0.3 is 85.0 Å². The van der Waals surface area contributed by atoms with Crippen molar-refractivity contribution in [2.75, 3.05) is 0 Å². The monoisotopic (exact) mass is 1100 g/mol. The van der Waals surface area contributed by atoms with Gasteiger partial charge in [0.15, 0.2) is 46.1 Å². The number of phenolic OH excluding ortho intramolecular Hbond substituents is 12. The van der Waals surface area contributed by atoms with Gasteiger partial charge in [-0.2, -0.15) is 0 Å². The summed E-state index contributed by atoms with van der Waals surface area (Å²) in [5.41, 5.74) is -1.69. The van der Waals surface area contributed by atoms with Gasteiger partial charge in [-0.3, -0.25) is 19.2 Å². The minimum Gasteiger partial charge on any atom is -0.508 e. The fraction of sp³-hybridized carbons (Fsp3) is 0.133. The van der Waals surface area contributed by atoms with Crippen LogP contribution in [0.25, 0.3) is 0 Å². The number of fused-ring (bicyclic) bond motifs is 4. The Kier molecular flexibility index (Phi) is 11.9. The topological polar surface area (TPSA) is 357 Å². The van der Waals surface area contributed by atoms with Crippen LogP contribution in [0, 0.1) is 0 Å². The van der Waals surface area contributed by atoms with Gasteiger partial charge in [0.2, 0.25) is 0 Å². The molecule has 0 aromatic heterocycles. The molecule has 4 aliphatic rings. The molecule has 81 heavy (non-hydrogen) atoms. The van der Waals surface area contributed by atoms with Crippen molar-refractivity contribution in [1.29, 1.82) is 0 Å². The number of carbonyl (C=O) groups excluding carboxylic acids is 4. The molecule has 12 N–H and O–H groups in total. The van der Waals surface area contributed by atoms with Gasteiger partial charge in [-0.05, 0) is 70.8 Å². The molecule has 21 nitrogen and oxygen atoms in total. The maximum Gasteiger partial charge on any atom is 0.182 e. The summed E-state index contributed by atoms with van der Waals surface area (Å²) in [6, 6.07) is 24.1. The molecule has 8 aromatic carbocycles. The molecular formula is C60H42O21. The zero-order chi connectivity index (χ0) is 57.0. The predicted octanol–water partition coefficient (Wildman–Crippen LogP) is 9.56. The first-order valence-corrected chi connectivity index (χ1v) is 24.7. The van der Waals surface area contributed by atoms with Crippen LogP contribution >= 0.6 is 0 Å². The van der Waals surface area contributed by atoms with Crippen LogP contribution in [0.4, 0.5) is 0 Å². The van der Waals surface area contributed by atoms with E-state index in [1.165, 1.54) is 60.7 Å². The summed E-state index contributed by atoms with van der Waals surface area (Å²) in [6.07, 6.45) is -6.29. The van der Waals surface area contributed by atoms with Gasteiger partial charge in [0, 0.05) is 36.4 Å². The summed E-state index contributed by atoms with van der Waals surface area (Å²) in [4.78, 5) is 58.8. The lowest BCUT2D eigenvalue weighted by molar-refractivity contribution is 0.0735. The van der Waals surface area contributed by atoms with Crippen LogP contribution in [0.3, 0.4) is 0 Å². The van der Waals surface area contributed by atoms with Gasteiger partial charge in [0.25, 0.3) is 0 Å². The Bertz CT molecular complexity index is 4020. The van der Waals surface area contributed by atoms with E-state index in [4.69, 9.17) is 23.7 Å². The van der Waals surface area contributed by atoms with Crippen molar-refractivity contribution in [1.82, 2.24) is 0 Å². The number of ether oxygens (including phenoxy) is 5. The van der Waals surface area contributed by atoms with Crippen molar-refractivity contribution in [3.8, 4) is 103 Å². The molecule has 8 aromatic rings. The van der Waals surface area contributed by atoms with Gasteiger partial charge in [-0.15, -0.1) is 0 Å². The second-order valence-electron chi connectivity index (χ2n) is 19.7. The molecular weight excluding hydrogens is 1060 g/mol. The smallest absolute Gasteiger partial charge is 0.182 e. The molecule has 0 amide bonds. The zero-order valence-corrected chi connectivity index (χ0v) is 41.5. The highest BCUT2D eigenvalue weighted by Gasteiger charge is 2.49. The lowest BCUT2D eigenvalue weighted by Crippen LogP contribution is -2.32. The van der Waals surface area contributed by atoms with E-state index in [0.29, 0.717) is 0 Å². The van der Waals surface area contributed by atoms with Crippen LogP contribution < -0.4 is 23.7 Å². The highest BCUT2D eigenvalue weighted by molar-refractivity contribution is 6.11. The SMILES string of the molecule is O=C1C[C@@H](c2ccc(O)c(O)c2)Oc2c1c(O)cc(Oc1cc(O)c3c(c1)O[C@@H](c1ccc(O)cc1)[C@H](c1c(O)cc(O)c4c1O[C@@H](c1ccc(O)c(O)c1)CC4=O)C3=O)c2[C@H]1C(=O)c2c(O)cc(O)cc2O[C@@H]1c1ccc(O)cc1. The first-order valence-electron chi connectivity index (χ1n) is 24.7. The summed E-state index contributed by atoms with van der Waals surface area (Å²) >= 11 is 0. The number of aromatic hydroxyl groups is 12. The van der Waals surface area contributed by atoms with Crippen LogP contribution in [0.5, 0.6) is 103 Å². The molecule has 0 spiro atoms. The molecule has 408 valence electrons. The van der Waals surface area contributed by atoms with E-state index in [2.05, 4.69) is 0 Å². The highest BCUT2D eigenvalue weighted by Crippen LogP contribution is 2.59. The van der Waals surface area contributed by atoms with E-state index in [-0.39, 0.29) is 62.1 Å². The Morgan fingerprint density at radius 3 is 1.30 bits per heavy atom. The third-order valence-electron chi connectivity index (χ3n) is 14.7. The Morgan fingerprint density at radius 2 is 0.790 bits per heavy atom. The van der Waals surface area contributed by atoms with Crippen LogP contribution in [-0.2, 0) is 0 Å². The van der Waals surface area contributed by atoms with Gasteiger partial charge in [-0.25, -0.2) is 0 Å². The number of phenols is 12. The number of ketones is 4. The molecule has 0 unspecified atom stereocenters. The van der Waals surface area contributed by atoms with Crippen molar-refractivity contribution in [3.63, 3.8) is 0 Å². The first-order chi connectivity index (χ1) is 38.7. The largest absolute Gasteiger partial charge is 0.508 e. The van der Waals surface area contributed by atoms with Gasteiger partial charge in [0.1, 0.15) is 127 Å². The Hall–Kier alpha value is -11.0. The van der Waals surface area contributed by atoms with E-state index < -0.39 is 169 Å². The van der Waals surface area contributed by atoms with Crippen LogP contribution in [0.15, 0.2) is 121 Å². The summed E-state index contributed by atoms with van der Waals surface area (Å²) in [5, 5.41) is 130. The summed E-state index contributed by atoms with van der Waals surface area (Å²) < 4.78 is 32.4. The van der Waals surface area contributed by atoms with E-state index in [1.54, 1.807) is 0 Å². The molecule has 4 aliphatic heterocycles. The third-order valence-corrected chi connectivity index (χ3v) is 14.7. The number of rotatable bonds is 8. The number of benzene rings is 8. The molecule has 0 fully saturated rings. The quantitative estimate of drug-likeness (QED) is 0.0630. The normalized spacial score (nSPS) is 19.9. The minimum absolute atomic E-state index is 0.167. The lowest BCUT2D eigenvalue weighted by Gasteiger charge is -2.37.